The number of benzene rings is 1. The number of quaternary nitrogens is 1. The summed E-state index contributed by atoms with van der Waals surface area (Å²) in [6.45, 7) is 11.9. The number of aromatic nitrogens is 1. The molecule has 0 amide bonds. The van der Waals surface area contributed by atoms with E-state index in [2.05, 4.69) is 50.9 Å². The lowest BCUT2D eigenvalue weighted by molar-refractivity contribution is -0.914. The van der Waals surface area contributed by atoms with Crippen LogP contribution < -0.4 is 10.3 Å². The fourth-order valence-corrected chi connectivity index (χ4v) is 3.65. The quantitative estimate of drug-likeness (QED) is 0.622. The van der Waals surface area contributed by atoms with E-state index in [1.54, 1.807) is 4.90 Å². The second-order valence-corrected chi connectivity index (χ2v) is 7.68. The average molecular weight is 358 g/mol. The van der Waals surface area contributed by atoms with Crippen LogP contribution in [0.4, 0.5) is 0 Å². The molecule has 0 aliphatic heterocycles. The molecule has 0 saturated carbocycles. The Hall–Kier alpha value is -1.61. The Morgan fingerprint density at radius 3 is 2.23 bits per heavy atom. The summed E-state index contributed by atoms with van der Waals surface area (Å²) >= 11 is 0. The Kier molecular flexibility index (Phi) is 8.37. The third-order valence-corrected chi connectivity index (χ3v) is 5.39. The van der Waals surface area contributed by atoms with E-state index in [4.69, 9.17) is 0 Å². The molecule has 144 valence electrons. The maximum atomic E-state index is 13.2. The minimum Gasteiger partial charge on any atom is -0.358 e. The predicted octanol–water partition coefficient (Wildman–Crippen LogP) is 4.16. The summed E-state index contributed by atoms with van der Waals surface area (Å²) in [7, 11) is 0. The molecule has 1 heterocycles. The van der Waals surface area contributed by atoms with Gasteiger partial charge in [-0.3, -0.25) is 4.79 Å². The third-order valence-electron chi connectivity index (χ3n) is 5.39. The van der Waals surface area contributed by atoms with Crippen molar-refractivity contribution in [2.75, 3.05) is 13.1 Å². The molecule has 3 nitrogen and oxygen atoms in total. The number of nitrogens with one attached hydrogen (secondary N) is 2. The summed E-state index contributed by atoms with van der Waals surface area (Å²) in [4.78, 5) is 18.3. The molecule has 0 aliphatic carbocycles. The molecule has 0 fully saturated rings. The van der Waals surface area contributed by atoms with Gasteiger partial charge in [-0.25, -0.2) is 0 Å². The average Bonchev–Trinajstić information content (AvgIpc) is 2.65. The molecule has 0 spiro atoms. The van der Waals surface area contributed by atoms with Gasteiger partial charge in [-0.15, -0.1) is 0 Å². The van der Waals surface area contributed by atoms with E-state index < -0.39 is 0 Å². The van der Waals surface area contributed by atoms with Crippen molar-refractivity contribution in [3.63, 3.8) is 0 Å². The highest BCUT2D eigenvalue weighted by Gasteiger charge is 2.16. The number of fused-ring (bicyclic) bond motifs is 1. The fourth-order valence-electron chi connectivity index (χ4n) is 3.65. The van der Waals surface area contributed by atoms with Crippen LogP contribution in [-0.2, 0) is 13.0 Å². The summed E-state index contributed by atoms with van der Waals surface area (Å²) in [5.74, 6) is 0. The zero-order valence-corrected chi connectivity index (χ0v) is 17.2. The lowest BCUT2D eigenvalue weighted by Gasteiger charge is -2.20. The number of aromatic amines is 1. The molecule has 2 aromatic rings. The van der Waals surface area contributed by atoms with Crippen molar-refractivity contribution in [2.24, 2.45) is 0 Å². The highest BCUT2D eigenvalue weighted by Crippen LogP contribution is 2.15. The Morgan fingerprint density at radius 2 is 1.62 bits per heavy atom. The van der Waals surface area contributed by atoms with Crippen molar-refractivity contribution >= 4 is 10.9 Å². The number of unbranched alkanes of at least 4 members (excludes halogenated alkanes) is 3. The molecule has 2 N–H and O–H groups in total. The monoisotopic (exact) mass is 357 g/mol. The maximum Gasteiger partial charge on any atom is 0.198 e. The number of pyridine rings is 1. The van der Waals surface area contributed by atoms with E-state index in [0.29, 0.717) is 0 Å². The fraction of sp³-hybridized carbons (Fsp3) is 0.609. The summed E-state index contributed by atoms with van der Waals surface area (Å²) in [5, 5.41) is 0.865. The van der Waals surface area contributed by atoms with E-state index in [-0.39, 0.29) is 5.43 Å². The summed E-state index contributed by atoms with van der Waals surface area (Å²) in [5.41, 5.74) is 4.50. The van der Waals surface area contributed by atoms with E-state index in [1.165, 1.54) is 44.1 Å². The van der Waals surface area contributed by atoms with Crippen LogP contribution in [-0.4, -0.2) is 18.1 Å². The summed E-state index contributed by atoms with van der Waals surface area (Å²) in [6, 6.07) is 6.36. The van der Waals surface area contributed by atoms with Crippen molar-refractivity contribution in [1.29, 1.82) is 0 Å². The lowest BCUT2D eigenvalue weighted by atomic mass is 10.0. The van der Waals surface area contributed by atoms with Crippen LogP contribution in [0.3, 0.4) is 0 Å². The normalized spacial score (nSPS) is 11.6. The maximum absolute atomic E-state index is 13.2. The van der Waals surface area contributed by atoms with Gasteiger partial charge in [0.2, 0.25) is 0 Å². The van der Waals surface area contributed by atoms with Crippen LogP contribution in [0.1, 0.15) is 76.1 Å². The molecule has 0 bridgehead atoms. The van der Waals surface area contributed by atoms with E-state index in [0.717, 1.165) is 48.2 Å². The zero-order valence-electron chi connectivity index (χ0n) is 17.2. The van der Waals surface area contributed by atoms with Crippen molar-refractivity contribution in [3.05, 3.63) is 45.2 Å². The van der Waals surface area contributed by atoms with Gasteiger partial charge < -0.3 is 9.88 Å². The van der Waals surface area contributed by atoms with Gasteiger partial charge in [-0.2, -0.15) is 0 Å². The van der Waals surface area contributed by atoms with E-state index in [1.807, 2.05) is 0 Å². The topological polar surface area (TPSA) is 37.3 Å². The van der Waals surface area contributed by atoms with Gasteiger partial charge in [-0.05, 0) is 50.3 Å². The summed E-state index contributed by atoms with van der Waals surface area (Å²) in [6.07, 6.45) is 8.29. The van der Waals surface area contributed by atoms with Gasteiger partial charge >= 0.3 is 0 Å². The van der Waals surface area contributed by atoms with Gasteiger partial charge in [-0.1, -0.05) is 46.1 Å². The van der Waals surface area contributed by atoms with Gasteiger partial charge in [0, 0.05) is 16.6 Å². The van der Waals surface area contributed by atoms with Gasteiger partial charge in [0.15, 0.2) is 5.43 Å². The SMILES string of the molecule is CCCCc1ccc2[nH]c(C)c(C[NH+](CCCC)CCCC)c(=O)c2c1. The first-order chi connectivity index (χ1) is 12.6. The Labute approximate surface area is 158 Å². The van der Waals surface area contributed by atoms with E-state index in [9.17, 15) is 4.79 Å². The van der Waals surface area contributed by atoms with Crippen molar-refractivity contribution in [1.82, 2.24) is 4.98 Å². The first-order valence-corrected chi connectivity index (χ1v) is 10.6. The largest absolute Gasteiger partial charge is 0.358 e. The van der Waals surface area contributed by atoms with Gasteiger partial charge in [0.05, 0.1) is 18.7 Å². The number of aryl methyl sites for hydroxylation is 2. The van der Waals surface area contributed by atoms with Crippen LogP contribution in [0.2, 0.25) is 0 Å². The van der Waals surface area contributed by atoms with E-state index >= 15 is 0 Å². The Balaban J connectivity index is 2.33. The third kappa shape index (κ3) is 5.44. The van der Waals surface area contributed by atoms with Crippen LogP contribution in [0.15, 0.2) is 23.0 Å². The highest BCUT2D eigenvalue weighted by molar-refractivity contribution is 5.80. The first kappa shape index (κ1) is 20.7. The first-order valence-electron chi connectivity index (χ1n) is 10.6. The molecule has 0 atom stereocenters. The molecule has 1 aromatic carbocycles. The van der Waals surface area contributed by atoms with Gasteiger partial charge in [0.25, 0.3) is 0 Å². The molecule has 0 aliphatic rings. The standard InChI is InChI=1S/C23H36N2O/c1-5-8-11-19-12-13-22-20(16-19)23(26)21(18(4)24-22)17-25(14-9-6-2)15-10-7-3/h12-13,16H,5-11,14-15,17H2,1-4H3,(H,24,26)/p+1. The number of H-pyrrole nitrogens is 1. The second kappa shape index (κ2) is 10.5. The molecular formula is C23H37N2O+. The number of rotatable bonds is 11. The minimum atomic E-state index is 0.236. The highest BCUT2D eigenvalue weighted by atomic mass is 16.1. The molecule has 2 rings (SSSR count). The Bertz CT molecular complexity index is 740. The molecule has 0 unspecified atom stereocenters. The molecule has 26 heavy (non-hydrogen) atoms. The molecule has 3 heteroatoms. The van der Waals surface area contributed by atoms with Crippen LogP contribution >= 0.6 is 0 Å². The molecular weight excluding hydrogens is 320 g/mol. The predicted molar refractivity (Wildman–Crippen MR) is 112 cm³/mol. The zero-order chi connectivity index (χ0) is 18.9. The number of hydrogen-bond donors (Lipinski definition) is 2. The molecule has 1 aromatic heterocycles. The minimum absolute atomic E-state index is 0.236. The second-order valence-electron chi connectivity index (χ2n) is 7.68. The lowest BCUT2D eigenvalue weighted by Crippen LogP contribution is -3.10. The van der Waals surface area contributed by atoms with Crippen LogP contribution in [0, 0.1) is 6.92 Å². The van der Waals surface area contributed by atoms with Gasteiger partial charge in [0.1, 0.15) is 6.54 Å². The summed E-state index contributed by atoms with van der Waals surface area (Å²) < 4.78 is 0. The van der Waals surface area contributed by atoms with Crippen molar-refractivity contribution in [2.45, 2.75) is 79.2 Å². The number of hydrogen-bond acceptors (Lipinski definition) is 1. The van der Waals surface area contributed by atoms with Crippen LogP contribution in [0.25, 0.3) is 10.9 Å². The smallest absolute Gasteiger partial charge is 0.198 e. The molecule has 0 saturated heterocycles. The Morgan fingerprint density at radius 1 is 0.962 bits per heavy atom. The van der Waals surface area contributed by atoms with Crippen molar-refractivity contribution < 1.29 is 4.90 Å². The van der Waals surface area contributed by atoms with Crippen molar-refractivity contribution in [3.8, 4) is 0 Å². The molecule has 0 radical (unpaired) electrons. The van der Waals surface area contributed by atoms with Crippen LogP contribution in [0.5, 0.6) is 0 Å².